The Bertz CT molecular complexity index is 957. The average molecular weight is 573 g/mol. The highest BCUT2D eigenvalue weighted by Crippen LogP contribution is 2.27. The number of thiophene rings is 1. The molecule has 10 heteroatoms. The number of aliphatic imine (C=N–C) groups is 1. The van der Waals surface area contributed by atoms with Crippen molar-refractivity contribution in [3.8, 4) is 11.4 Å². The van der Waals surface area contributed by atoms with Crippen LogP contribution in [0.15, 0.2) is 51.3 Å². The van der Waals surface area contributed by atoms with Crippen molar-refractivity contribution < 1.29 is 4.52 Å². The minimum absolute atomic E-state index is 0. The third-order valence-electron chi connectivity index (χ3n) is 5.12. The minimum Gasteiger partial charge on any atom is -0.354 e. The molecule has 0 bridgehead atoms. The van der Waals surface area contributed by atoms with E-state index in [1.165, 1.54) is 17.7 Å². The summed E-state index contributed by atoms with van der Waals surface area (Å²) in [7, 11) is 1.76. The molecule has 2 aromatic heterocycles. The number of halogens is 2. The summed E-state index contributed by atoms with van der Waals surface area (Å²) in [4.78, 5) is 12.7. The predicted octanol–water partition coefficient (Wildman–Crippen LogP) is 4.57. The van der Waals surface area contributed by atoms with E-state index in [1.54, 1.807) is 30.5 Å². The van der Waals surface area contributed by atoms with E-state index in [1.807, 2.05) is 12.1 Å². The largest absolute Gasteiger partial charge is 0.354 e. The third-order valence-corrected chi connectivity index (χ3v) is 6.34. The quantitative estimate of drug-likeness (QED) is 0.245. The molecule has 1 aliphatic rings. The summed E-state index contributed by atoms with van der Waals surface area (Å²) in [5, 5.41) is 13.6. The molecule has 1 aromatic carbocycles. The van der Waals surface area contributed by atoms with Gasteiger partial charge in [-0.1, -0.05) is 22.8 Å². The molecule has 0 spiro atoms. The van der Waals surface area contributed by atoms with Gasteiger partial charge >= 0.3 is 0 Å². The molecule has 166 valence electrons. The number of likely N-dealkylation sites (tertiary alicyclic amines) is 1. The van der Waals surface area contributed by atoms with Gasteiger partial charge in [-0.3, -0.25) is 9.89 Å². The summed E-state index contributed by atoms with van der Waals surface area (Å²) < 4.78 is 5.36. The van der Waals surface area contributed by atoms with Gasteiger partial charge in [0.05, 0.1) is 12.6 Å². The monoisotopic (exact) mass is 572 g/mol. The second kappa shape index (κ2) is 11.8. The number of benzene rings is 1. The molecule has 1 saturated heterocycles. The van der Waals surface area contributed by atoms with Crippen LogP contribution in [-0.4, -0.2) is 47.7 Å². The summed E-state index contributed by atoms with van der Waals surface area (Å²) in [5.74, 6) is 1.75. The standard InChI is InChI=1S/C21H25ClN6OS.HI/c1-23-21(24-13-17(18-5-4-12-30-18)28-10-2-3-11-28)25-14-19-26-20(27-29-19)15-6-8-16(22)9-7-15;/h4-9,12,17H,2-3,10-11,13-14H2,1H3,(H2,23,24,25);1H. The van der Waals surface area contributed by atoms with E-state index < -0.39 is 0 Å². The number of nitrogens with zero attached hydrogens (tertiary/aromatic N) is 4. The molecule has 3 aromatic rings. The first-order valence-electron chi connectivity index (χ1n) is 10.0. The van der Waals surface area contributed by atoms with Crippen LogP contribution < -0.4 is 10.6 Å². The number of aromatic nitrogens is 2. The van der Waals surface area contributed by atoms with Crippen LogP contribution in [0.25, 0.3) is 11.4 Å². The molecule has 0 aliphatic carbocycles. The van der Waals surface area contributed by atoms with E-state index in [2.05, 4.69) is 48.2 Å². The molecule has 2 N–H and O–H groups in total. The second-order valence-corrected chi connectivity index (χ2v) is 8.52. The lowest BCUT2D eigenvalue weighted by atomic mass is 10.2. The van der Waals surface area contributed by atoms with Gasteiger partial charge in [-0.25, -0.2) is 0 Å². The highest BCUT2D eigenvalue weighted by molar-refractivity contribution is 14.0. The molecular formula is C21H26ClIN6OS. The number of rotatable bonds is 7. The first-order chi connectivity index (χ1) is 14.7. The fourth-order valence-electron chi connectivity index (χ4n) is 3.56. The van der Waals surface area contributed by atoms with Crippen LogP contribution in [0.2, 0.25) is 5.02 Å². The topological polar surface area (TPSA) is 78.6 Å². The Morgan fingerprint density at radius 2 is 2.00 bits per heavy atom. The van der Waals surface area contributed by atoms with Crippen molar-refractivity contribution in [3.05, 3.63) is 57.6 Å². The van der Waals surface area contributed by atoms with E-state index in [0.29, 0.717) is 35.3 Å². The molecule has 1 atom stereocenters. The average Bonchev–Trinajstić information content (AvgIpc) is 3.54. The zero-order valence-corrected chi connectivity index (χ0v) is 21.2. The molecule has 1 unspecified atom stereocenters. The SMILES string of the molecule is CN=C(NCc1nc(-c2ccc(Cl)cc2)no1)NCC(c1cccs1)N1CCCC1.I. The zero-order valence-electron chi connectivity index (χ0n) is 17.3. The lowest BCUT2D eigenvalue weighted by molar-refractivity contribution is 0.249. The van der Waals surface area contributed by atoms with Gasteiger partial charge in [-0.15, -0.1) is 35.3 Å². The summed E-state index contributed by atoms with van der Waals surface area (Å²) in [6.45, 7) is 3.48. The van der Waals surface area contributed by atoms with Crippen molar-refractivity contribution in [1.29, 1.82) is 0 Å². The van der Waals surface area contributed by atoms with Crippen LogP contribution in [0.3, 0.4) is 0 Å². The summed E-state index contributed by atoms with van der Waals surface area (Å²) in [6.07, 6.45) is 2.53. The van der Waals surface area contributed by atoms with Gasteiger partial charge in [-0.2, -0.15) is 4.98 Å². The highest BCUT2D eigenvalue weighted by atomic mass is 127. The Morgan fingerprint density at radius 1 is 1.23 bits per heavy atom. The Kier molecular flexibility index (Phi) is 9.12. The van der Waals surface area contributed by atoms with E-state index in [-0.39, 0.29) is 24.0 Å². The maximum absolute atomic E-state index is 5.93. The van der Waals surface area contributed by atoms with Gasteiger partial charge in [0, 0.05) is 29.1 Å². The van der Waals surface area contributed by atoms with Gasteiger partial charge in [0.15, 0.2) is 5.96 Å². The number of nitrogens with one attached hydrogen (secondary N) is 2. The first-order valence-corrected chi connectivity index (χ1v) is 11.3. The van der Waals surface area contributed by atoms with Crippen molar-refractivity contribution in [1.82, 2.24) is 25.7 Å². The number of hydrogen-bond acceptors (Lipinski definition) is 6. The summed E-state index contributed by atoms with van der Waals surface area (Å²) in [5.41, 5.74) is 0.862. The van der Waals surface area contributed by atoms with Crippen molar-refractivity contribution in [2.45, 2.75) is 25.4 Å². The fraction of sp³-hybridized carbons (Fsp3) is 0.381. The van der Waals surface area contributed by atoms with Crippen LogP contribution in [0, 0.1) is 0 Å². The van der Waals surface area contributed by atoms with Gasteiger partial charge in [-0.05, 0) is 61.6 Å². The Balaban J connectivity index is 0.00000272. The molecule has 7 nitrogen and oxygen atoms in total. The second-order valence-electron chi connectivity index (χ2n) is 7.10. The van der Waals surface area contributed by atoms with Gasteiger partial charge < -0.3 is 15.2 Å². The normalized spacial score (nSPS) is 15.5. The van der Waals surface area contributed by atoms with Crippen molar-refractivity contribution in [2.24, 2.45) is 4.99 Å². The van der Waals surface area contributed by atoms with Crippen LogP contribution in [0.5, 0.6) is 0 Å². The Morgan fingerprint density at radius 3 is 2.68 bits per heavy atom. The molecule has 4 rings (SSSR count). The number of guanidine groups is 1. The van der Waals surface area contributed by atoms with E-state index in [9.17, 15) is 0 Å². The highest BCUT2D eigenvalue weighted by Gasteiger charge is 2.24. The van der Waals surface area contributed by atoms with Crippen LogP contribution in [0.1, 0.15) is 29.7 Å². The van der Waals surface area contributed by atoms with Crippen LogP contribution >= 0.6 is 46.9 Å². The van der Waals surface area contributed by atoms with Crippen LogP contribution in [-0.2, 0) is 6.54 Å². The maximum atomic E-state index is 5.93. The van der Waals surface area contributed by atoms with Crippen molar-refractivity contribution >= 4 is 52.9 Å². The van der Waals surface area contributed by atoms with Crippen LogP contribution in [0.4, 0.5) is 0 Å². The van der Waals surface area contributed by atoms with E-state index in [4.69, 9.17) is 16.1 Å². The van der Waals surface area contributed by atoms with Gasteiger partial charge in [0.25, 0.3) is 0 Å². The van der Waals surface area contributed by atoms with Gasteiger partial charge in [0.1, 0.15) is 0 Å². The molecule has 1 aliphatic heterocycles. The molecule has 0 amide bonds. The van der Waals surface area contributed by atoms with E-state index in [0.717, 1.165) is 25.2 Å². The first kappa shape index (κ1) is 24.0. The molecule has 1 fully saturated rings. The lowest BCUT2D eigenvalue weighted by Crippen LogP contribution is -2.42. The number of hydrogen-bond donors (Lipinski definition) is 2. The van der Waals surface area contributed by atoms with E-state index >= 15 is 0 Å². The smallest absolute Gasteiger partial charge is 0.246 e. The molecular weight excluding hydrogens is 547 g/mol. The van der Waals surface area contributed by atoms with Crippen molar-refractivity contribution in [2.75, 3.05) is 26.7 Å². The minimum atomic E-state index is 0. The van der Waals surface area contributed by atoms with Crippen molar-refractivity contribution in [3.63, 3.8) is 0 Å². The molecule has 0 saturated carbocycles. The Labute approximate surface area is 208 Å². The summed E-state index contributed by atoms with van der Waals surface area (Å²) >= 11 is 7.74. The molecule has 31 heavy (non-hydrogen) atoms. The summed E-state index contributed by atoms with van der Waals surface area (Å²) in [6, 6.07) is 12.0. The predicted molar refractivity (Wildman–Crippen MR) is 136 cm³/mol. The zero-order chi connectivity index (χ0) is 20.8. The third kappa shape index (κ3) is 6.41. The maximum Gasteiger partial charge on any atom is 0.246 e. The Hall–Kier alpha value is -1.69. The molecule has 0 radical (unpaired) electrons. The molecule has 3 heterocycles. The lowest BCUT2D eigenvalue weighted by Gasteiger charge is -2.27. The fourth-order valence-corrected chi connectivity index (χ4v) is 4.55. The van der Waals surface area contributed by atoms with Gasteiger partial charge in [0.2, 0.25) is 11.7 Å².